The topological polar surface area (TPSA) is 66.4 Å². The van der Waals surface area contributed by atoms with E-state index < -0.39 is 5.97 Å². The first-order valence-electron chi connectivity index (χ1n) is 5.46. The van der Waals surface area contributed by atoms with E-state index in [4.69, 9.17) is 28.3 Å². The number of hydrogen-bond donors (Lipinski definition) is 2. The lowest BCUT2D eigenvalue weighted by molar-refractivity contribution is -0.137. The van der Waals surface area contributed by atoms with Crippen LogP contribution >= 0.6 is 23.2 Å². The lowest BCUT2D eigenvalue weighted by Gasteiger charge is -2.07. The van der Waals surface area contributed by atoms with Gasteiger partial charge >= 0.3 is 5.97 Å². The minimum Gasteiger partial charge on any atom is -0.481 e. The van der Waals surface area contributed by atoms with Crippen LogP contribution in [0.15, 0.2) is 18.2 Å². The van der Waals surface area contributed by atoms with Gasteiger partial charge in [-0.1, -0.05) is 29.3 Å². The number of rotatable bonds is 6. The quantitative estimate of drug-likeness (QED) is 0.791. The van der Waals surface area contributed by atoms with Crippen molar-refractivity contribution in [3.05, 3.63) is 33.8 Å². The van der Waals surface area contributed by atoms with E-state index in [-0.39, 0.29) is 17.9 Å². The van der Waals surface area contributed by atoms with E-state index in [9.17, 15) is 9.59 Å². The molecule has 0 bridgehead atoms. The molecule has 98 valence electrons. The Morgan fingerprint density at radius 1 is 1.17 bits per heavy atom. The number of carboxylic acid groups (broad SMARTS) is 1. The molecule has 2 N–H and O–H groups in total. The van der Waals surface area contributed by atoms with Crippen LogP contribution < -0.4 is 5.32 Å². The third-order valence-electron chi connectivity index (χ3n) is 2.29. The van der Waals surface area contributed by atoms with Crippen LogP contribution in [0.3, 0.4) is 0 Å². The molecule has 0 aromatic heterocycles. The van der Waals surface area contributed by atoms with Crippen molar-refractivity contribution in [2.24, 2.45) is 0 Å². The van der Waals surface area contributed by atoms with Crippen LogP contribution in [0.5, 0.6) is 0 Å². The Morgan fingerprint density at radius 3 is 2.33 bits per heavy atom. The van der Waals surface area contributed by atoms with Gasteiger partial charge in [0, 0.05) is 13.0 Å². The molecule has 0 aliphatic carbocycles. The number of hydrogen-bond acceptors (Lipinski definition) is 2. The largest absolute Gasteiger partial charge is 0.481 e. The molecular weight excluding hydrogens is 277 g/mol. The van der Waals surface area contributed by atoms with Crippen LogP contribution in [0.1, 0.15) is 29.6 Å². The molecular formula is C12H13Cl2NO3. The van der Waals surface area contributed by atoms with E-state index in [1.54, 1.807) is 18.2 Å². The summed E-state index contributed by atoms with van der Waals surface area (Å²) >= 11 is 11.8. The van der Waals surface area contributed by atoms with Crippen molar-refractivity contribution >= 4 is 35.1 Å². The number of amides is 1. The van der Waals surface area contributed by atoms with Gasteiger partial charge in [0.2, 0.25) is 0 Å². The van der Waals surface area contributed by atoms with Crippen molar-refractivity contribution < 1.29 is 14.7 Å². The Balaban J connectivity index is 2.44. The van der Waals surface area contributed by atoms with E-state index in [0.717, 1.165) is 0 Å². The van der Waals surface area contributed by atoms with Gasteiger partial charge in [-0.15, -0.1) is 0 Å². The molecule has 0 saturated heterocycles. The fourth-order valence-corrected chi connectivity index (χ4v) is 1.98. The second kappa shape index (κ2) is 7.24. The first kappa shape index (κ1) is 14.8. The third kappa shape index (κ3) is 4.55. The van der Waals surface area contributed by atoms with E-state index >= 15 is 0 Å². The predicted molar refractivity (Wildman–Crippen MR) is 70.3 cm³/mol. The highest BCUT2D eigenvalue weighted by Crippen LogP contribution is 2.23. The molecule has 0 unspecified atom stereocenters. The number of carbonyl (C=O) groups excluding carboxylic acids is 1. The van der Waals surface area contributed by atoms with Gasteiger partial charge in [-0.2, -0.15) is 0 Å². The van der Waals surface area contributed by atoms with Crippen molar-refractivity contribution in [3.63, 3.8) is 0 Å². The summed E-state index contributed by atoms with van der Waals surface area (Å²) in [6, 6.07) is 4.84. The van der Waals surface area contributed by atoms with Crippen LogP contribution in [-0.2, 0) is 4.79 Å². The van der Waals surface area contributed by atoms with Gasteiger partial charge in [-0.05, 0) is 25.0 Å². The Morgan fingerprint density at radius 2 is 1.78 bits per heavy atom. The highest BCUT2D eigenvalue weighted by atomic mass is 35.5. The van der Waals surface area contributed by atoms with Gasteiger partial charge in [0.1, 0.15) is 0 Å². The minimum atomic E-state index is -0.838. The second-order valence-corrected chi connectivity index (χ2v) is 4.52. The summed E-state index contributed by atoms with van der Waals surface area (Å²) in [4.78, 5) is 22.1. The van der Waals surface area contributed by atoms with Gasteiger partial charge in [-0.3, -0.25) is 9.59 Å². The zero-order valence-electron chi connectivity index (χ0n) is 9.58. The zero-order chi connectivity index (χ0) is 13.5. The standard InChI is InChI=1S/C12H13Cl2NO3/c13-8-4-3-5-9(14)11(8)12(18)15-7-2-1-6-10(16)17/h3-5H,1-2,6-7H2,(H,15,18)(H,16,17). The number of nitrogens with one attached hydrogen (secondary N) is 1. The maximum Gasteiger partial charge on any atom is 0.303 e. The first-order valence-corrected chi connectivity index (χ1v) is 6.22. The van der Waals surface area contributed by atoms with Gasteiger partial charge in [0.15, 0.2) is 0 Å². The highest BCUT2D eigenvalue weighted by Gasteiger charge is 2.13. The molecule has 0 fully saturated rings. The molecule has 0 heterocycles. The average Bonchev–Trinajstić information content (AvgIpc) is 2.27. The Hall–Kier alpha value is -1.26. The SMILES string of the molecule is O=C(O)CCCCNC(=O)c1c(Cl)cccc1Cl. The van der Waals surface area contributed by atoms with Crippen LogP contribution in [0.25, 0.3) is 0 Å². The normalized spacial score (nSPS) is 10.1. The molecule has 4 nitrogen and oxygen atoms in total. The summed E-state index contributed by atoms with van der Waals surface area (Å²) in [6.07, 6.45) is 1.22. The van der Waals surface area contributed by atoms with Crippen LogP contribution in [0.4, 0.5) is 0 Å². The molecule has 1 rings (SSSR count). The smallest absolute Gasteiger partial charge is 0.303 e. The maximum atomic E-state index is 11.8. The van der Waals surface area contributed by atoms with Crippen molar-refractivity contribution in [1.82, 2.24) is 5.32 Å². The first-order chi connectivity index (χ1) is 8.52. The molecule has 0 saturated carbocycles. The van der Waals surface area contributed by atoms with Crippen molar-refractivity contribution in [1.29, 1.82) is 0 Å². The molecule has 0 radical (unpaired) electrons. The van der Waals surface area contributed by atoms with E-state index in [0.29, 0.717) is 29.4 Å². The fraction of sp³-hybridized carbons (Fsp3) is 0.333. The highest BCUT2D eigenvalue weighted by molar-refractivity contribution is 6.39. The van der Waals surface area contributed by atoms with Crippen molar-refractivity contribution in [2.75, 3.05) is 6.54 Å². The summed E-state index contributed by atoms with van der Waals surface area (Å²) in [5.41, 5.74) is 0.249. The molecule has 1 aromatic rings. The van der Waals surface area contributed by atoms with Crippen molar-refractivity contribution in [3.8, 4) is 0 Å². The number of aliphatic carboxylic acids is 1. The van der Waals surface area contributed by atoms with Gasteiger partial charge < -0.3 is 10.4 Å². The lowest BCUT2D eigenvalue weighted by Crippen LogP contribution is -2.25. The number of carbonyl (C=O) groups is 2. The summed E-state index contributed by atoms with van der Waals surface area (Å²) < 4.78 is 0. The fourth-order valence-electron chi connectivity index (χ4n) is 1.41. The second-order valence-electron chi connectivity index (χ2n) is 3.70. The van der Waals surface area contributed by atoms with E-state index in [1.807, 2.05) is 0 Å². The van der Waals surface area contributed by atoms with E-state index in [2.05, 4.69) is 5.32 Å². The van der Waals surface area contributed by atoms with Crippen LogP contribution in [-0.4, -0.2) is 23.5 Å². The Kier molecular flexibility index (Phi) is 5.95. The molecule has 0 spiro atoms. The van der Waals surface area contributed by atoms with Gasteiger partial charge in [-0.25, -0.2) is 0 Å². The monoisotopic (exact) mass is 289 g/mol. The summed E-state index contributed by atoms with van der Waals surface area (Å²) in [7, 11) is 0. The van der Waals surface area contributed by atoms with Crippen LogP contribution in [0, 0.1) is 0 Å². The Labute approximate surface area is 115 Å². The number of halogens is 2. The molecule has 1 aromatic carbocycles. The lowest BCUT2D eigenvalue weighted by atomic mass is 10.2. The van der Waals surface area contributed by atoms with Crippen LogP contribution in [0.2, 0.25) is 10.0 Å². The molecule has 0 aliphatic heterocycles. The number of carboxylic acids is 1. The number of unbranched alkanes of at least 4 members (excludes halogenated alkanes) is 1. The minimum absolute atomic E-state index is 0.0999. The summed E-state index contributed by atoms with van der Waals surface area (Å²) in [6.45, 7) is 0.396. The molecule has 6 heteroatoms. The van der Waals surface area contributed by atoms with E-state index in [1.165, 1.54) is 0 Å². The maximum absolute atomic E-state index is 11.8. The summed E-state index contributed by atoms with van der Waals surface area (Å²) in [5.74, 6) is -1.18. The van der Waals surface area contributed by atoms with Crippen molar-refractivity contribution in [2.45, 2.75) is 19.3 Å². The molecule has 18 heavy (non-hydrogen) atoms. The molecule has 1 amide bonds. The molecule has 0 aliphatic rings. The van der Waals surface area contributed by atoms with Gasteiger partial charge in [0.05, 0.1) is 15.6 Å². The number of benzene rings is 1. The Bertz CT molecular complexity index is 429. The van der Waals surface area contributed by atoms with Gasteiger partial charge in [0.25, 0.3) is 5.91 Å². The predicted octanol–water partition coefficient (Wildman–Crippen LogP) is 2.98. The molecule has 0 atom stereocenters. The zero-order valence-corrected chi connectivity index (χ0v) is 11.1. The average molecular weight is 290 g/mol. The summed E-state index contributed by atoms with van der Waals surface area (Å²) in [5, 5.41) is 11.7. The third-order valence-corrected chi connectivity index (χ3v) is 2.92.